The number of nitrogens with zero attached hydrogens (tertiary/aromatic N) is 8. The maximum absolute atomic E-state index is 13.0. The fraction of sp³-hybridized carbons (Fsp3) is 0.310. The van der Waals surface area contributed by atoms with E-state index in [0.717, 1.165) is 16.2 Å². The highest BCUT2D eigenvalue weighted by Crippen LogP contribution is 2.46. The van der Waals surface area contributed by atoms with Crippen LogP contribution in [0.2, 0.25) is 0 Å². The zero-order valence-electron chi connectivity index (χ0n) is 23.7. The van der Waals surface area contributed by atoms with Crippen LogP contribution < -0.4 is 15.5 Å². The number of hydrogen-bond donors (Lipinski definition) is 2. The molecular weight excluding hydrogens is 536 g/mol. The van der Waals surface area contributed by atoms with Gasteiger partial charge in [-0.25, -0.2) is 29.7 Å². The summed E-state index contributed by atoms with van der Waals surface area (Å²) >= 11 is 0. The van der Waals surface area contributed by atoms with Gasteiger partial charge in [0.25, 0.3) is 0 Å². The Morgan fingerprint density at radius 2 is 1.88 bits per heavy atom. The van der Waals surface area contributed by atoms with Crippen molar-refractivity contribution in [2.75, 3.05) is 29.1 Å². The number of carbonyl (C=O) groups excluding carboxylic acids is 3. The Morgan fingerprint density at radius 1 is 1.10 bits per heavy atom. The number of likely N-dealkylation sites (N-methyl/N-ethyl adjacent to an activating group) is 1. The zero-order valence-corrected chi connectivity index (χ0v) is 23.7. The van der Waals surface area contributed by atoms with Crippen LogP contribution >= 0.6 is 0 Å². The number of pyridine rings is 1. The topological polar surface area (TPSA) is 151 Å². The number of amides is 4. The van der Waals surface area contributed by atoms with E-state index in [2.05, 4.69) is 37.1 Å². The molecule has 2 N–H and O–H groups in total. The number of fused-ring (bicyclic) bond motifs is 1. The third-order valence-corrected chi connectivity index (χ3v) is 7.38. The number of rotatable bonds is 8. The van der Waals surface area contributed by atoms with Gasteiger partial charge >= 0.3 is 6.03 Å². The van der Waals surface area contributed by atoms with Gasteiger partial charge in [0.2, 0.25) is 11.8 Å². The molecule has 0 unspecified atom stereocenters. The van der Waals surface area contributed by atoms with Gasteiger partial charge in [0.1, 0.15) is 29.8 Å². The molecule has 42 heavy (non-hydrogen) atoms. The van der Waals surface area contributed by atoms with Crippen molar-refractivity contribution in [1.82, 2.24) is 34.2 Å². The van der Waals surface area contributed by atoms with Crippen LogP contribution in [0.15, 0.2) is 49.4 Å². The van der Waals surface area contributed by atoms with E-state index in [0.29, 0.717) is 46.7 Å². The minimum atomic E-state index is -0.458. The van der Waals surface area contributed by atoms with Crippen molar-refractivity contribution in [3.8, 4) is 0 Å². The summed E-state index contributed by atoms with van der Waals surface area (Å²) in [6, 6.07) is 4.48. The zero-order chi connectivity index (χ0) is 29.7. The van der Waals surface area contributed by atoms with Crippen molar-refractivity contribution in [3.05, 3.63) is 78.0 Å². The minimum absolute atomic E-state index is 0.00600. The molecule has 0 aromatic carbocycles. The molecule has 13 heteroatoms. The molecule has 2 fully saturated rings. The normalized spacial score (nSPS) is 18.9. The SMILES string of the molecule is C=C[C@@H](Nc1cc(NC(=O)[C@H]2C[C@@H]2c2nccc(C)n2)nc(C)n1)c1cn2cc(C)cc(N3CC(=O)N(C)C3=O)c2n1. The molecule has 0 spiro atoms. The molecule has 0 bridgehead atoms. The van der Waals surface area contributed by atoms with E-state index in [1.54, 1.807) is 25.3 Å². The maximum Gasteiger partial charge on any atom is 0.331 e. The Bertz CT molecular complexity index is 1770. The fourth-order valence-electron chi connectivity index (χ4n) is 5.13. The van der Waals surface area contributed by atoms with E-state index in [1.807, 2.05) is 42.8 Å². The van der Waals surface area contributed by atoms with Crippen molar-refractivity contribution in [2.24, 2.45) is 5.92 Å². The first kappa shape index (κ1) is 27.0. The van der Waals surface area contributed by atoms with Crippen LogP contribution in [0, 0.1) is 26.7 Å². The second-order valence-corrected chi connectivity index (χ2v) is 10.7. The molecule has 214 valence electrons. The van der Waals surface area contributed by atoms with E-state index in [1.165, 1.54) is 11.9 Å². The third kappa shape index (κ3) is 5.04. The van der Waals surface area contributed by atoms with Crippen molar-refractivity contribution >= 4 is 40.8 Å². The van der Waals surface area contributed by atoms with Gasteiger partial charge in [-0.15, -0.1) is 6.58 Å². The molecular formula is C29H30N10O3. The molecule has 13 nitrogen and oxygen atoms in total. The number of anilines is 3. The summed E-state index contributed by atoms with van der Waals surface area (Å²) in [4.78, 5) is 62.8. The predicted molar refractivity (Wildman–Crippen MR) is 155 cm³/mol. The van der Waals surface area contributed by atoms with Gasteiger partial charge in [0.15, 0.2) is 5.65 Å². The second-order valence-electron chi connectivity index (χ2n) is 10.7. The molecule has 5 heterocycles. The summed E-state index contributed by atoms with van der Waals surface area (Å²) in [5, 5.41) is 6.22. The quantitative estimate of drug-likeness (QED) is 0.242. The van der Waals surface area contributed by atoms with Gasteiger partial charge in [0, 0.05) is 49.2 Å². The highest BCUT2D eigenvalue weighted by molar-refractivity contribution is 6.13. The monoisotopic (exact) mass is 566 g/mol. The summed E-state index contributed by atoms with van der Waals surface area (Å²) in [6.45, 7) is 9.48. The highest BCUT2D eigenvalue weighted by atomic mass is 16.2. The number of carbonyl (C=O) groups is 3. The van der Waals surface area contributed by atoms with Crippen molar-refractivity contribution < 1.29 is 14.4 Å². The summed E-state index contributed by atoms with van der Waals surface area (Å²) in [5.74, 6) is 1.37. The highest BCUT2D eigenvalue weighted by Gasteiger charge is 2.46. The molecule has 4 aromatic rings. The first-order chi connectivity index (χ1) is 20.1. The van der Waals surface area contributed by atoms with Gasteiger partial charge in [0.05, 0.1) is 17.4 Å². The summed E-state index contributed by atoms with van der Waals surface area (Å²) in [7, 11) is 1.47. The van der Waals surface area contributed by atoms with Crippen LogP contribution in [0.4, 0.5) is 22.1 Å². The standard InChI is InChI=1S/C29H30N10O3/c1-6-20(21-13-38-12-15(2)9-22(27(38)35-21)39-14-25(40)37(5)29(39)42)34-23-11-24(33-17(4)32-23)36-28(41)19-10-18(19)26-30-8-7-16(3)31-26/h6-9,11-13,18-20H,1,10,14H2,2-5H3,(H2,32,33,34,36,41)/t18-,19-,20+/m0/s1. The van der Waals surface area contributed by atoms with Crippen LogP contribution in [-0.2, 0) is 9.59 Å². The minimum Gasteiger partial charge on any atom is -0.358 e. The van der Waals surface area contributed by atoms with E-state index >= 15 is 0 Å². The fourth-order valence-corrected chi connectivity index (χ4v) is 5.13. The number of nitrogens with one attached hydrogen (secondary N) is 2. The Kier molecular flexibility index (Phi) is 6.64. The Morgan fingerprint density at radius 3 is 2.60 bits per heavy atom. The molecule has 1 saturated heterocycles. The molecule has 2 aliphatic rings. The first-order valence-electron chi connectivity index (χ1n) is 13.5. The second kappa shape index (κ2) is 10.3. The van der Waals surface area contributed by atoms with Crippen LogP contribution in [0.1, 0.15) is 47.0 Å². The summed E-state index contributed by atoms with van der Waals surface area (Å²) < 4.78 is 1.83. The van der Waals surface area contributed by atoms with Crippen LogP contribution in [0.25, 0.3) is 5.65 Å². The van der Waals surface area contributed by atoms with E-state index in [4.69, 9.17) is 4.98 Å². The number of aryl methyl sites for hydroxylation is 3. The lowest BCUT2D eigenvalue weighted by Gasteiger charge is -2.16. The van der Waals surface area contributed by atoms with E-state index in [-0.39, 0.29) is 30.2 Å². The van der Waals surface area contributed by atoms with Crippen molar-refractivity contribution in [2.45, 2.75) is 39.2 Å². The smallest absolute Gasteiger partial charge is 0.331 e. The molecule has 1 aliphatic carbocycles. The van der Waals surface area contributed by atoms with Crippen LogP contribution in [-0.4, -0.2) is 65.7 Å². The lowest BCUT2D eigenvalue weighted by molar-refractivity contribution is -0.124. The van der Waals surface area contributed by atoms with Crippen LogP contribution in [0.5, 0.6) is 0 Å². The van der Waals surface area contributed by atoms with E-state index in [9.17, 15) is 14.4 Å². The number of imidazole rings is 1. The summed E-state index contributed by atoms with van der Waals surface area (Å²) in [6.07, 6.45) is 7.83. The molecule has 1 aliphatic heterocycles. The van der Waals surface area contributed by atoms with Crippen molar-refractivity contribution in [1.29, 1.82) is 0 Å². The van der Waals surface area contributed by atoms with Gasteiger partial charge in [-0.05, 0) is 44.9 Å². The van der Waals surface area contributed by atoms with Crippen LogP contribution in [0.3, 0.4) is 0 Å². The van der Waals surface area contributed by atoms with Gasteiger partial charge < -0.3 is 15.0 Å². The summed E-state index contributed by atoms with van der Waals surface area (Å²) in [5.41, 5.74) is 3.48. The number of urea groups is 1. The Balaban J connectivity index is 1.21. The predicted octanol–water partition coefficient (Wildman–Crippen LogP) is 3.32. The number of imide groups is 1. The molecule has 0 radical (unpaired) electrons. The number of hydrogen-bond acceptors (Lipinski definition) is 9. The third-order valence-electron chi connectivity index (χ3n) is 7.38. The first-order valence-corrected chi connectivity index (χ1v) is 13.5. The number of aromatic nitrogens is 6. The average molecular weight is 567 g/mol. The Hall–Kier alpha value is -5.20. The molecule has 3 atom stereocenters. The van der Waals surface area contributed by atoms with E-state index < -0.39 is 12.1 Å². The van der Waals surface area contributed by atoms with Gasteiger partial charge in [-0.2, -0.15) is 0 Å². The lowest BCUT2D eigenvalue weighted by Crippen LogP contribution is -2.30. The van der Waals surface area contributed by atoms with Crippen molar-refractivity contribution in [3.63, 3.8) is 0 Å². The average Bonchev–Trinajstić information content (AvgIpc) is 3.58. The van der Waals surface area contributed by atoms with Gasteiger partial charge in [-0.3, -0.25) is 19.4 Å². The Labute approximate surface area is 241 Å². The molecule has 1 saturated carbocycles. The lowest BCUT2D eigenvalue weighted by atomic mass is 10.2. The molecule has 4 amide bonds. The molecule has 6 rings (SSSR count). The maximum atomic E-state index is 13.0. The molecule has 4 aromatic heterocycles. The van der Waals surface area contributed by atoms with Gasteiger partial charge in [-0.1, -0.05) is 6.08 Å². The largest absolute Gasteiger partial charge is 0.358 e.